The SMILES string of the molecule is CCCN(CCC)CC1CCOC2(CCC(c3ccccc3)CC2)O1. The lowest BCUT2D eigenvalue weighted by Gasteiger charge is -2.46. The Morgan fingerprint density at radius 1 is 1.00 bits per heavy atom. The Balaban J connectivity index is 1.54. The van der Waals surface area contributed by atoms with E-state index in [1.165, 1.54) is 44.3 Å². The number of ether oxygens (including phenoxy) is 2. The van der Waals surface area contributed by atoms with Gasteiger partial charge < -0.3 is 14.4 Å². The molecule has 0 amide bonds. The fourth-order valence-corrected chi connectivity index (χ4v) is 4.49. The highest BCUT2D eigenvalue weighted by Crippen LogP contribution is 2.43. The second-order valence-electron chi connectivity index (χ2n) is 7.77. The first-order valence-electron chi connectivity index (χ1n) is 10.3. The highest BCUT2D eigenvalue weighted by atomic mass is 16.7. The van der Waals surface area contributed by atoms with Crippen molar-refractivity contribution in [2.24, 2.45) is 0 Å². The monoisotopic (exact) mass is 345 g/mol. The van der Waals surface area contributed by atoms with E-state index < -0.39 is 0 Å². The van der Waals surface area contributed by atoms with E-state index in [9.17, 15) is 0 Å². The van der Waals surface area contributed by atoms with Crippen molar-refractivity contribution in [3.63, 3.8) is 0 Å². The van der Waals surface area contributed by atoms with Gasteiger partial charge in [0.05, 0.1) is 12.7 Å². The molecule has 1 saturated heterocycles. The maximum atomic E-state index is 6.56. The Kier molecular flexibility index (Phi) is 6.92. The van der Waals surface area contributed by atoms with Crippen LogP contribution >= 0.6 is 0 Å². The molecular formula is C22H35NO2. The molecule has 140 valence electrons. The minimum Gasteiger partial charge on any atom is -0.350 e. The Hall–Kier alpha value is -0.900. The largest absolute Gasteiger partial charge is 0.350 e. The summed E-state index contributed by atoms with van der Waals surface area (Å²) in [5.41, 5.74) is 1.47. The molecule has 3 rings (SSSR count). The van der Waals surface area contributed by atoms with Gasteiger partial charge in [-0.2, -0.15) is 0 Å². The highest BCUT2D eigenvalue weighted by molar-refractivity contribution is 5.20. The number of nitrogens with zero attached hydrogens (tertiary/aromatic N) is 1. The molecule has 1 heterocycles. The molecule has 1 aromatic rings. The topological polar surface area (TPSA) is 21.7 Å². The quantitative estimate of drug-likeness (QED) is 0.696. The summed E-state index contributed by atoms with van der Waals surface area (Å²) in [5, 5.41) is 0. The second-order valence-corrected chi connectivity index (χ2v) is 7.77. The molecule has 25 heavy (non-hydrogen) atoms. The predicted molar refractivity (Wildman–Crippen MR) is 103 cm³/mol. The molecule has 1 aromatic carbocycles. The maximum absolute atomic E-state index is 6.56. The summed E-state index contributed by atoms with van der Waals surface area (Å²) in [5.74, 6) is 0.356. The average molecular weight is 346 g/mol. The average Bonchev–Trinajstić information content (AvgIpc) is 2.64. The zero-order valence-corrected chi connectivity index (χ0v) is 16.1. The van der Waals surface area contributed by atoms with Crippen molar-refractivity contribution in [2.45, 2.75) is 76.6 Å². The summed E-state index contributed by atoms with van der Waals surface area (Å²) in [7, 11) is 0. The summed E-state index contributed by atoms with van der Waals surface area (Å²) < 4.78 is 12.7. The first kappa shape index (κ1) is 18.9. The van der Waals surface area contributed by atoms with Crippen molar-refractivity contribution >= 4 is 0 Å². The molecular weight excluding hydrogens is 310 g/mol. The van der Waals surface area contributed by atoms with Crippen molar-refractivity contribution in [1.82, 2.24) is 4.90 Å². The molecule has 1 saturated carbocycles. The van der Waals surface area contributed by atoms with Crippen LogP contribution in [0.3, 0.4) is 0 Å². The van der Waals surface area contributed by atoms with Gasteiger partial charge in [0.2, 0.25) is 0 Å². The molecule has 3 heteroatoms. The summed E-state index contributed by atoms with van der Waals surface area (Å²) in [6.45, 7) is 8.80. The number of hydrogen-bond donors (Lipinski definition) is 0. The predicted octanol–water partition coefficient (Wildman–Crippen LogP) is 4.97. The molecule has 0 bridgehead atoms. The third-order valence-corrected chi connectivity index (χ3v) is 5.75. The zero-order chi connectivity index (χ0) is 17.5. The lowest BCUT2D eigenvalue weighted by molar-refractivity contribution is -0.307. The molecule has 1 spiro atoms. The molecule has 1 unspecified atom stereocenters. The van der Waals surface area contributed by atoms with Crippen LogP contribution in [0.25, 0.3) is 0 Å². The van der Waals surface area contributed by atoms with Crippen molar-refractivity contribution < 1.29 is 9.47 Å². The summed E-state index contributed by atoms with van der Waals surface area (Å²) in [4.78, 5) is 2.57. The molecule has 3 nitrogen and oxygen atoms in total. The van der Waals surface area contributed by atoms with Crippen molar-refractivity contribution in [1.29, 1.82) is 0 Å². The van der Waals surface area contributed by atoms with Crippen LogP contribution in [0.5, 0.6) is 0 Å². The van der Waals surface area contributed by atoms with E-state index in [1.807, 2.05) is 0 Å². The Morgan fingerprint density at radius 2 is 1.68 bits per heavy atom. The summed E-state index contributed by atoms with van der Waals surface area (Å²) in [6, 6.07) is 10.9. The fourth-order valence-electron chi connectivity index (χ4n) is 4.49. The van der Waals surface area contributed by atoms with Gasteiger partial charge in [-0.15, -0.1) is 0 Å². The van der Waals surface area contributed by atoms with E-state index in [4.69, 9.17) is 9.47 Å². The van der Waals surface area contributed by atoms with E-state index in [2.05, 4.69) is 49.1 Å². The lowest BCUT2D eigenvalue weighted by Crippen LogP contribution is -2.50. The van der Waals surface area contributed by atoms with Crippen LogP contribution < -0.4 is 0 Å². The minimum atomic E-state index is -0.307. The van der Waals surface area contributed by atoms with Crippen LogP contribution in [0.4, 0.5) is 0 Å². The van der Waals surface area contributed by atoms with Crippen molar-refractivity contribution in [3.8, 4) is 0 Å². The van der Waals surface area contributed by atoms with E-state index in [1.54, 1.807) is 0 Å². The molecule has 1 aliphatic carbocycles. The first-order valence-corrected chi connectivity index (χ1v) is 10.3. The van der Waals surface area contributed by atoms with Gasteiger partial charge >= 0.3 is 0 Å². The number of rotatable bonds is 7. The van der Waals surface area contributed by atoms with Gasteiger partial charge in [-0.1, -0.05) is 44.2 Å². The zero-order valence-electron chi connectivity index (χ0n) is 16.1. The van der Waals surface area contributed by atoms with Crippen molar-refractivity contribution in [2.75, 3.05) is 26.2 Å². The molecule has 1 aliphatic heterocycles. The van der Waals surface area contributed by atoms with Gasteiger partial charge in [-0.25, -0.2) is 0 Å². The second kappa shape index (κ2) is 9.16. The minimum absolute atomic E-state index is 0.307. The first-order chi connectivity index (χ1) is 12.2. The molecule has 2 fully saturated rings. The van der Waals surface area contributed by atoms with E-state index in [-0.39, 0.29) is 5.79 Å². The third kappa shape index (κ3) is 5.06. The van der Waals surface area contributed by atoms with Crippen LogP contribution in [0.15, 0.2) is 30.3 Å². The van der Waals surface area contributed by atoms with Crippen LogP contribution in [-0.2, 0) is 9.47 Å². The van der Waals surface area contributed by atoms with Crippen LogP contribution in [0, 0.1) is 0 Å². The molecule has 1 atom stereocenters. The summed E-state index contributed by atoms with van der Waals surface area (Å²) in [6.07, 6.45) is 8.21. The summed E-state index contributed by atoms with van der Waals surface area (Å²) >= 11 is 0. The Labute approximate surface area is 153 Å². The van der Waals surface area contributed by atoms with Gasteiger partial charge in [0, 0.05) is 19.4 Å². The van der Waals surface area contributed by atoms with E-state index >= 15 is 0 Å². The van der Waals surface area contributed by atoms with E-state index in [0.717, 1.165) is 32.4 Å². The fraction of sp³-hybridized carbons (Fsp3) is 0.727. The lowest BCUT2D eigenvalue weighted by atomic mass is 9.80. The number of benzene rings is 1. The van der Waals surface area contributed by atoms with Gasteiger partial charge in [-0.05, 0) is 56.7 Å². The maximum Gasteiger partial charge on any atom is 0.168 e. The van der Waals surface area contributed by atoms with E-state index in [0.29, 0.717) is 12.0 Å². The smallest absolute Gasteiger partial charge is 0.168 e. The molecule has 0 aromatic heterocycles. The number of hydrogen-bond acceptors (Lipinski definition) is 3. The Bertz CT molecular complexity index is 490. The van der Waals surface area contributed by atoms with Crippen LogP contribution in [0.1, 0.15) is 70.3 Å². The normalized spacial score (nSPS) is 30.0. The third-order valence-electron chi connectivity index (χ3n) is 5.75. The molecule has 2 aliphatic rings. The molecule has 0 N–H and O–H groups in total. The van der Waals surface area contributed by atoms with Gasteiger partial charge in [-0.3, -0.25) is 0 Å². The Morgan fingerprint density at radius 3 is 2.32 bits per heavy atom. The molecule has 0 radical (unpaired) electrons. The van der Waals surface area contributed by atoms with Crippen LogP contribution in [0.2, 0.25) is 0 Å². The van der Waals surface area contributed by atoms with Crippen molar-refractivity contribution in [3.05, 3.63) is 35.9 Å². The standard InChI is InChI=1S/C22H35NO2/c1-3-15-23(16-4-2)18-21-12-17-24-22(25-21)13-10-20(11-14-22)19-8-6-5-7-9-19/h5-9,20-21H,3-4,10-18H2,1-2H3. The van der Waals surface area contributed by atoms with Gasteiger partial charge in [0.15, 0.2) is 5.79 Å². The van der Waals surface area contributed by atoms with Gasteiger partial charge in [0.1, 0.15) is 0 Å². The van der Waals surface area contributed by atoms with Gasteiger partial charge in [0.25, 0.3) is 0 Å². The highest BCUT2D eigenvalue weighted by Gasteiger charge is 2.42. The van der Waals surface area contributed by atoms with Crippen LogP contribution in [-0.4, -0.2) is 43.0 Å².